The Morgan fingerprint density at radius 3 is 1.95 bits per heavy atom. The SMILES string of the molecule is CC(=O)CC12CCC(SC34CCC(C)(CC3)C4)(CC1)C2. The fourth-order valence-electron chi connectivity index (χ4n) is 6.22. The quantitative estimate of drug-likeness (QED) is 0.715. The predicted molar refractivity (Wildman–Crippen MR) is 85.1 cm³/mol. The van der Waals surface area contributed by atoms with Gasteiger partial charge in [0.15, 0.2) is 0 Å². The lowest BCUT2D eigenvalue weighted by Gasteiger charge is -2.37. The van der Waals surface area contributed by atoms with E-state index in [0.29, 0.717) is 26.1 Å². The molecule has 0 unspecified atom stereocenters. The van der Waals surface area contributed by atoms with Crippen LogP contribution in [0.2, 0.25) is 0 Å². The highest BCUT2D eigenvalue weighted by Crippen LogP contribution is 2.71. The van der Waals surface area contributed by atoms with Crippen molar-refractivity contribution in [2.24, 2.45) is 10.8 Å². The summed E-state index contributed by atoms with van der Waals surface area (Å²) in [6, 6.07) is 0. The van der Waals surface area contributed by atoms with Crippen LogP contribution in [-0.4, -0.2) is 15.3 Å². The van der Waals surface area contributed by atoms with Gasteiger partial charge in [0.2, 0.25) is 0 Å². The van der Waals surface area contributed by atoms with Crippen LogP contribution in [0, 0.1) is 10.8 Å². The summed E-state index contributed by atoms with van der Waals surface area (Å²) in [6.45, 7) is 4.31. The molecule has 0 saturated heterocycles. The summed E-state index contributed by atoms with van der Waals surface area (Å²) in [5.41, 5.74) is 1.09. The number of fused-ring (bicyclic) bond motifs is 4. The molecule has 4 saturated carbocycles. The Balaban J connectivity index is 1.50. The predicted octanol–water partition coefficient (Wildman–Crippen LogP) is 5.12. The summed E-state index contributed by atoms with van der Waals surface area (Å²) in [6.07, 6.45) is 15.0. The van der Waals surface area contributed by atoms with Crippen molar-refractivity contribution in [3.8, 4) is 0 Å². The summed E-state index contributed by atoms with van der Waals surface area (Å²) < 4.78 is 1.19. The highest BCUT2D eigenvalue weighted by Gasteiger charge is 2.60. The maximum Gasteiger partial charge on any atom is 0.130 e. The zero-order valence-electron chi connectivity index (χ0n) is 13.1. The second-order valence-electron chi connectivity index (χ2n) is 9.01. The molecule has 0 aliphatic heterocycles. The van der Waals surface area contributed by atoms with Crippen LogP contribution in [0.5, 0.6) is 0 Å². The van der Waals surface area contributed by atoms with Gasteiger partial charge in [0.05, 0.1) is 0 Å². The third-order valence-corrected chi connectivity index (χ3v) is 9.06. The van der Waals surface area contributed by atoms with E-state index >= 15 is 0 Å². The second kappa shape index (κ2) is 4.06. The van der Waals surface area contributed by atoms with Gasteiger partial charge in [0.1, 0.15) is 5.78 Å². The minimum Gasteiger partial charge on any atom is -0.300 e. The van der Waals surface area contributed by atoms with Crippen LogP contribution < -0.4 is 0 Å². The maximum atomic E-state index is 11.6. The van der Waals surface area contributed by atoms with E-state index in [1.54, 1.807) is 6.92 Å². The number of rotatable bonds is 4. The number of hydrogen-bond donors (Lipinski definition) is 0. The number of ketones is 1. The molecule has 0 aromatic carbocycles. The number of thioether (sulfide) groups is 1. The molecule has 0 radical (unpaired) electrons. The molecule has 20 heavy (non-hydrogen) atoms. The third kappa shape index (κ3) is 2.01. The Morgan fingerprint density at radius 1 is 0.900 bits per heavy atom. The number of hydrogen-bond acceptors (Lipinski definition) is 2. The van der Waals surface area contributed by atoms with E-state index < -0.39 is 0 Å². The van der Waals surface area contributed by atoms with Crippen molar-refractivity contribution in [2.45, 2.75) is 94.0 Å². The van der Waals surface area contributed by atoms with Crippen molar-refractivity contribution in [3.05, 3.63) is 0 Å². The van der Waals surface area contributed by atoms with Crippen molar-refractivity contribution in [3.63, 3.8) is 0 Å². The molecule has 0 atom stereocenters. The van der Waals surface area contributed by atoms with Crippen LogP contribution in [0.1, 0.15) is 84.5 Å². The summed E-state index contributed by atoms with van der Waals surface area (Å²) in [5.74, 6) is 0.417. The third-order valence-electron chi connectivity index (χ3n) is 7.09. The summed E-state index contributed by atoms with van der Waals surface area (Å²) in [5, 5.41) is 0. The standard InChI is InChI=1S/C18H28OS/c1-14(19)11-16-5-9-18(13-16,10-6-16)20-17-7-3-15(2,12-17)4-8-17/h3-13H2,1-2H3. The van der Waals surface area contributed by atoms with Gasteiger partial charge < -0.3 is 4.79 Å². The first-order valence-electron chi connectivity index (χ1n) is 8.56. The second-order valence-corrected chi connectivity index (χ2v) is 10.9. The van der Waals surface area contributed by atoms with Crippen LogP contribution in [0.15, 0.2) is 0 Å². The molecule has 0 heterocycles. The van der Waals surface area contributed by atoms with E-state index in [1.165, 1.54) is 64.2 Å². The Kier molecular flexibility index (Phi) is 2.77. The van der Waals surface area contributed by atoms with Gasteiger partial charge in [-0.25, -0.2) is 0 Å². The molecule has 0 amide bonds. The van der Waals surface area contributed by atoms with Crippen LogP contribution in [0.25, 0.3) is 0 Å². The number of Topliss-reactive ketones (excluding diaryl/α,β-unsaturated/α-hetero) is 1. The minimum atomic E-state index is 0.413. The summed E-state index contributed by atoms with van der Waals surface area (Å²) in [7, 11) is 0. The van der Waals surface area contributed by atoms with E-state index in [-0.39, 0.29) is 0 Å². The largest absolute Gasteiger partial charge is 0.300 e. The Bertz CT molecular complexity index is 436. The normalized spacial score (nSPS) is 52.9. The number of carbonyl (C=O) groups excluding carboxylic acids is 1. The van der Waals surface area contributed by atoms with Crippen molar-refractivity contribution in [2.75, 3.05) is 0 Å². The smallest absolute Gasteiger partial charge is 0.130 e. The monoisotopic (exact) mass is 292 g/mol. The molecule has 4 fully saturated rings. The fourth-order valence-corrected chi connectivity index (χ4v) is 8.75. The molecular weight excluding hydrogens is 264 g/mol. The van der Waals surface area contributed by atoms with E-state index in [2.05, 4.69) is 18.7 Å². The Labute approximate surface area is 127 Å². The van der Waals surface area contributed by atoms with Gasteiger partial charge in [-0.1, -0.05) is 6.92 Å². The molecule has 2 heteroatoms. The zero-order valence-corrected chi connectivity index (χ0v) is 13.9. The molecule has 0 spiro atoms. The number of carbonyl (C=O) groups is 1. The summed E-state index contributed by atoms with van der Waals surface area (Å²) >= 11 is 2.41. The topological polar surface area (TPSA) is 17.1 Å². The Morgan fingerprint density at radius 2 is 1.45 bits per heavy atom. The fraction of sp³-hybridized carbons (Fsp3) is 0.944. The van der Waals surface area contributed by atoms with Crippen LogP contribution in [0.4, 0.5) is 0 Å². The zero-order chi connectivity index (χ0) is 14.1. The van der Waals surface area contributed by atoms with E-state index in [9.17, 15) is 4.79 Å². The van der Waals surface area contributed by atoms with Crippen molar-refractivity contribution < 1.29 is 4.79 Å². The van der Waals surface area contributed by atoms with Gasteiger partial charge in [-0.05, 0) is 82.0 Å². The van der Waals surface area contributed by atoms with Gasteiger partial charge in [0, 0.05) is 15.9 Å². The maximum absolute atomic E-state index is 11.6. The van der Waals surface area contributed by atoms with Crippen molar-refractivity contribution >= 4 is 17.5 Å². The molecule has 4 bridgehead atoms. The molecule has 4 rings (SSSR count). The molecule has 112 valence electrons. The van der Waals surface area contributed by atoms with Crippen LogP contribution >= 0.6 is 11.8 Å². The molecule has 0 N–H and O–H groups in total. The van der Waals surface area contributed by atoms with Crippen LogP contribution in [-0.2, 0) is 4.79 Å². The van der Waals surface area contributed by atoms with Crippen molar-refractivity contribution in [1.29, 1.82) is 0 Å². The van der Waals surface area contributed by atoms with Crippen LogP contribution in [0.3, 0.4) is 0 Å². The lowest BCUT2D eigenvalue weighted by molar-refractivity contribution is -0.119. The molecule has 4 aliphatic carbocycles. The molecular formula is C18H28OS. The highest BCUT2D eigenvalue weighted by atomic mass is 32.2. The van der Waals surface area contributed by atoms with Gasteiger partial charge in [-0.15, -0.1) is 11.8 Å². The average molecular weight is 292 g/mol. The van der Waals surface area contributed by atoms with E-state index in [4.69, 9.17) is 0 Å². The van der Waals surface area contributed by atoms with Crippen molar-refractivity contribution in [1.82, 2.24) is 0 Å². The molecule has 0 aromatic heterocycles. The first-order valence-corrected chi connectivity index (χ1v) is 9.38. The average Bonchev–Trinajstić information content (AvgIpc) is 3.04. The lowest BCUT2D eigenvalue weighted by atomic mass is 9.80. The highest BCUT2D eigenvalue weighted by molar-refractivity contribution is 8.02. The first-order chi connectivity index (χ1) is 9.37. The first kappa shape index (κ1) is 13.7. The Hall–Kier alpha value is 0.0200. The van der Waals surface area contributed by atoms with E-state index in [0.717, 1.165) is 6.42 Å². The lowest BCUT2D eigenvalue weighted by Crippen LogP contribution is -2.29. The van der Waals surface area contributed by atoms with E-state index in [1.807, 2.05) is 0 Å². The summed E-state index contributed by atoms with van der Waals surface area (Å²) in [4.78, 5) is 11.6. The van der Waals surface area contributed by atoms with Gasteiger partial charge >= 0.3 is 0 Å². The minimum absolute atomic E-state index is 0.413. The van der Waals surface area contributed by atoms with Gasteiger partial charge in [0.25, 0.3) is 0 Å². The van der Waals surface area contributed by atoms with Gasteiger partial charge in [-0.2, -0.15) is 0 Å². The van der Waals surface area contributed by atoms with Gasteiger partial charge in [-0.3, -0.25) is 0 Å². The molecule has 0 aromatic rings. The molecule has 4 aliphatic rings. The molecule has 1 nitrogen and oxygen atoms in total.